The van der Waals surface area contributed by atoms with Crippen LogP contribution in [0.1, 0.15) is 0 Å². The molecule has 3 aliphatic heterocycles. The monoisotopic (exact) mass is 280 g/mol. The Bertz CT molecular complexity index is 698. The van der Waals surface area contributed by atoms with Gasteiger partial charge in [-0.3, -0.25) is 5.43 Å². The molecule has 0 amide bonds. The Balaban J connectivity index is 1.55. The molecule has 21 heavy (non-hydrogen) atoms. The third-order valence-corrected chi connectivity index (χ3v) is 3.81. The summed E-state index contributed by atoms with van der Waals surface area (Å²) >= 11 is 0. The zero-order chi connectivity index (χ0) is 14.4. The molecule has 2 unspecified atom stereocenters. The van der Waals surface area contributed by atoms with Gasteiger partial charge < -0.3 is 11.5 Å². The van der Waals surface area contributed by atoms with E-state index in [2.05, 4.69) is 34.8 Å². The predicted octanol–water partition coefficient (Wildman–Crippen LogP) is 1.15. The number of hydrazine groups is 2. The van der Waals surface area contributed by atoms with Gasteiger partial charge in [0.1, 0.15) is 18.0 Å². The second kappa shape index (κ2) is 4.47. The number of rotatable bonds is 3. The minimum atomic E-state index is -0.158. The van der Waals surface area contributed by atoms with Gasteiger partial charge in [0.15, 0.2) is 0 Å². The number of nitrogens with two attached hydrogens (primary N) is 2. The lowest BCUT2D eigenvalue weighted by molar-refractivity contribution is -0.143. The first-order valence-electron chi connectivity index (χ1n) is 6.84. The number of amidine groups is 1. The van der Waals surface area contributed by atoms with Crippen molar-refractivity contribution in [2.45, 2.75) is 12.2 Å². The molecule has 3 heterocycles. The second-order valence-corrected chi connectivity index (χ2v) is 5.18. The van der Waals surface area contributed by atoms with Crippen molar-refractivity contribution >= 4 is 11.5 Å². The summed E-state index contributed by atoms with van der Waals surface area (Å²) in [5, 5.41) is 7.68. The largest absolute Gasteiger partial charge is 0.384 e. The third-order valence-electron chi connectivity index (χ3n) is 3.81. The van der Waals surface area contributed by atoms with Crippen molar-refractivity contribution < 1.29 is 0 Å². The van der Waals surface area contributed by atoms with E-state index in [0.29, 0.717) is 5.84 Å². The fourth-order valence-corrected chi connectivity index (χ4v) is 2.72. The first kappa shape index (κ1) is 12.2. The Labute approximate surface area is 122 Å². The number of hydrogen-bond donors (Lipinski definition) is 3. The molecule has 0 spiro atoms. The van der Waals surface area contributed by atoms with Crippen molar-refractivity contribution in [1.29, 1.82) is 0 Å². The molecule has 0 aromatic heterocycles. The van der Waals surface area contributed by atoms with Crippen LogP contribution in [0.4, 0.5) is 5.69 Å². The third kappa shape index (κ3) is 1.84. The van der Waals surface area contributed by atoms with Crippen molar-refractivity contribution in [2.24, 2.45) is 16.6 Å². The van der Waals surface area contributed by atoms with E-state index in [1.54, 1.807) is 5.12 Å². The molecule has 2 atom stereocenters. The molecule has 3 aliphatic rings. The minimum Gasteiger partial charge on any atom is -0.384 e. The molecular weight excluding hydrogens is 264 g/mol. The van der Waals surface area contributed by atoms with Gasteiger partial charge in [-0.05, 0) is 23.3 Å². The summed E-state index contributed by atoms with van der Waals surface area (Å²) in [7, 11) is 0. The molecule has 0 radical (unpaired) electrons. The lowest BCUT2D eigenvalue weighted by atomic mass is 10.1. The SMILES string of the molecule is NC1=NN2C(N)C1N2Nc1cccc(-c2ccccc2)c1. The topological polar surface area (TPSA) is 82.9 Å². The summed E-state index contributed by atoms with van der Waals surface area (Å²) in [4.78, 5) is 0. The van der Waals surface area contributed by atoms with E-state index in [1.165, 1.54) is 5.56 Å². The lowest BCUT2D eigenvalue weighted by Crippen LogP contribution is -2.72. The maximum atomic E-state index is 5.93. The van der Waals surface area contributed by atoms with Crippen LogP contribution in [0.25, 0.3) is 11.1 Å². The molecule has 0 saturated carbocycles. The quantitative estimate of drug-likeness (QED) is 0.785. The molecule has 0 aliphatic carbocycles. The normalized spacial score (nSPS) is 23.7. The van der Waals surface area contributed by atoms with Crippen molar-refractivity contribution in [2.75, 3.05) is 5.43 Å². The molecule has 6 heteroatoms. The first-order chi connectivity index (χ1) is 10.2. The molecule has 1 fully saturated rings. The fraction of sp³-hybridized carbons (Fsp3) is 0.133. The van der Waals surface area contributed by atoms with Crippen LogP contribution in [0.15, 0.2) is 59.7 Å². The van der Waals surface area contributed by atoms with Gasteiger partial charge in [0, 0.05) is 0 Å². The van der Waals surface area contributed by atoms with Gasteiger partial charge in [0.05, 0.1) is 5.69 Å². The van der Waals surface area contributed by atoms with Gasteiger partial charge in [0.25, 0.3) is 0 Å². The molecule has 106 valence electrons. The predicted molar refractivity (Wildman–Crippen MR) is 82.6 cm³/mol. The molecule has 2 bridgehead atoms. The number of hydrazone groups is 1. The number of anilines is 1. The van der Waals surface area contributed by atoms with Crippen LogP contribution in [-0.4, -0.2) is 28.3 Å². The van der Waals surface area contributed by atoms with Crippen LogP contribution in [0, 0.1) is 0 Å². The zero-order valence-corrected chi connectivity index (χ0v) is 11.3. The van der Waals surface area contributed by atoms with E-state index >= 15 is 0 Å². The molecule has 1 saturated heterocycles. The van der Waals surface area contributed by atoms with Gasteiger partial charge in [-0.25, -0.2) is 0 Å². The summed E-state index contributed by atoms with van der Waals surface area (Å²) in [6.45, 7) is 0. The molecule has 2 aromatic rings. The summed E-state index contributed by atoms with van der Waals surface area (Å²) in [6, 6.07) is 18.4. The average molecular weight is 280 g/mol. The average Bonchev–Trinajstić information content (AvgIpc) is 3.01. The second-order valence-electron chi connectivity index (χ2n) is 5.18. The molecule has 5 rings (SSSR count). The molecule has 5 N–H and O–H groups in total. The molecule has 2 aromatic carbocycles. The number of benzene rings is 2. The minimum absolute atomic E-state index is 0.0645. The van der Waals surface area contributed by atoms with Crippen LogP contribution in [0.3, 0.4) is 0 Å². The maximum Gasteiger partial charge on any atom is 0.147 e. The van der Waals surface area contributed by atoms with Crippen molar-refractivity contribution in [3.63, 3.8) is 0 Å². The van der Waals surface area contributed by atoms with E-state index < -0.39 is 0 Å². The molecule has 6 nitrogen and oxygen atoms in total. The van der Waals surface area contributed by atoms with Gasteiger partial charge in [-0.15, -0.1) is 10.2 Å². The Morgan fingerprint density at radius 2 is 1.76 bits per heavy atom. The number of nitrogens with zero attached hydrogens (tertiary/aromatic N) is 3. The van der Waals surface area contributed by atoms with E-state index in [0.717, 1.165) is 11.3 Å². The van der Waals surface area contributed by atoms with Crippen LogP contribution in [-0.2, 0) is 0 Å². The zero-order valence-electron chi connectivity index (χ0n) is 11.3. The van der Waals surface area contributed by atoms with Crippen LogP contribution >= 0.6 is 0 Å². The van der Waals surface area contributed by atoms with E-state index in [-0.39, 0.29) is 12.2 Å². The summed E-state index contributed by atoms with van der Waals surface area (Å²) < 4.78 is 0. The number of hydrogen-bond acceptors (Lipinski definition) is 6. The van der Waals surface area contributed by atoms with Crippen LogP contribution < -0.4 is 16.9 Å². The van der Waals surface area contributed by atoms with Crippen molar-refractivity contribution in [3.05, 3.63) is 54.6 Å². The lowest BCUT2D eigenvalue weighted by Gasteiger charge is -2.46. The fourth-order valence-electron chi connectivity index (χ4n) is 2.72. The van der Waals surface area contributed by atoms with Crippen molar-refractivity contribution in [3.8, 4) is 11.1 Å². The molecular formula is C15H16N6. The van der Waals surface area contributed by atoms with Gasteiger partial charge in [-0.2, -0.15) is 5.12 Å². The maximum absolute atomic E-state index is 5.93. The Hall–Kier alpha value is -2.57. The highest BCUT2D eigenvalue weighted by molar-refractivity contribution is 5.89. The highest BCUT2D eigenvalue weighted by Crippen LogP contribution is 2.31. The number of nitrogens with one attached hydrogen (secondary N) is 1. The standard InChI is InChI=1S/C15H16N6/c16-14-13-15(17)21(19-14)20(13)18-12-8-4-7-11(9-12)10-5-2-1-3-6-10/h1-9,13,15,18H,17H2,(H2,16,19). The first-order valence-corrected chi connectivity index (χ1v) is 6.84. The smallest absolute Gasteiger partial charge is 0.147 e. The Morgan fingerprint density at radius 3 is 2.43 bits per heavy atom. The van der Waals surface area contributed by atoms with Crippen LogP contribution in [0.2, 0.25) is 0 Å². The summed E-state index contributed by atoms with van der Waals surface area (Å²) in [5.41, 5.74) is 18.4. The summed E-state index contributed by atoms with van der Waals surface area (Å²) in [6.07, 6.45) is -0.158. The van der Waals surface area contributed by atoms with Gasteiger partial charge >= 0.3 is 0 Å². The summed E-state index contributed by atoms with van der Waals surface area (Å²) in [5.74, 6) is 0.550. The van der Waals surface area contributed by atoms with E-state index in [9.17, 15) is 0 Å². The van der Waals surface area contributed by atoms with Crippen LogP contribution in [0.5, 0.6) is 0 Å². The highest BCUT2D eigenvalue weighted by atomic mass is 16.0. The van der Waals surface area contributed by atoms with Gasteiger partial charge in [-0.1, -0.05) is 42.5 Å². The Kier molecular flexibility index (Phi) is 2.60. The van der Waals surface area contributed by atoms with E-state index in [4.69, 9.17) is 11.5 Å². The van der Waals surface area contributed by atoms with E-state index in [1.807, 2.05) is 35.4 Å². The highest BCUT2D eigenvalue weighted by Gasteiger charge is 2.53. The van der Waals surface area contributed by atoms with Crippen molar-refractivity contribution in [1.82, 2.24) is 10.2 Å². The van der Waals surface area contributed by atoms with Gasteiger partial charge in [0.2, 0.25) is 0 Å². The Morgan fingerprint density at radius 1 is 1.00 bits per heavy atom.